The zero-order valence-electron chi connectivity index (χ0n) is 11.0. The lowest BCUT2D eigenvalue weighted by atomic mass is 10.1. The summed E-state index contributed by atoms with van der Waals surface area (Å²) in [6.07, 6.45) is 0. The Labute approximate surface area is 126 Å². The molecule has 0 spiro atoms. The first kappa shape index (κ1) is 14.9. The molecule has 4 nitrogen and oxygen atoms in total. The predicted molar refractivity (Wildman–Crippen MR) is 81.6 cm³/mol. The van der Waals surface area contributed by atoms with Crippen LogP contribution >= 0.6 is 12.2 Å². The molecule has 0 radical (unpaired) electrons. The molecule has 0 bridgehead atoms. The minimum absolute atomic E-state index is 0.199. The van der Waals surface area contributed by atoms with Crippen molar-refractivity contribution < 1.29 is 14.3 Å². The third-order valence-corrected chi connectivity index (χ3v) is 3.15. The van der Waals surface area contributed by atoms with Crippen LogP contribution in [-0.2, 0) is 6.54 Å². The Morgan fingerprint density at radius 1 is 1.24 bits per heavy atom. The third-order valence-electron chi connectivity index (χ3n) is 2.91. The van der Waals surface area contributed by atoms with E-state index < -0.39 is 17.5 Å². The summed E-state index contributed by atoms with van der Waals surface area (Å²) >= 11 is 4.84. The molecule has 0 saturated heterocycles. The van der Waals surface area contributed by atoms with Crippen molar-refractivity contribution in [3.8, 4) is 5.75 Å². The average Bonchev–Trinajstić information content (AvgIpc) is 2.45. The largest absolute Gasteiger partial charge is 0.507 e. The number of carbonyl (C=O) groups excluding carboxylic acids is 1. The molecule has 1 amide bonds. The van der Waals surface area contributed by atoms with Gasteiger partial charge in [0.15, 0.2) is 0 Å². The van der Waals surface area contributed by atoms with Gasteiger partial charge in [0, 0.05) is 12.1 Å². The number of nitrogens with two attached hydrogens (primary N) is 1. The predicted octanol–water partition coefficient (Wildman–Crippen LogP) is 2.10. The van der Waals surface area contributed by atoms with E-state index in [-0.39, 0.29) is 12.1 Å². The van der Waals surface area contributed by atoms with E-state index in [1.807, 2.05) is 0 Å². The van der Waals surface area contributed by atoms with Gasteiger partial charge in [-0.2, -0.15) is 0 Å². The number of carbonyl (C=O) groups is 1. The number of benzene rings is 2. The smallest absolute Gasteiger partial charge is 0.258 e. The minimum Gasteiger partial charge on any atom is -0.507 e. The molecule has 0 aromatic heterocycles. The molecule has 0 aliphatic heterocycles. The standard InChI is InChI=1S/C15H13FN2O2S/c16-11-2-1-3-12(19)13(11)15(20)18-8-9-4-6-10(7-5-9)14(17)21/h1-7,19H,8H2,(H2,17,21)(H,18,20). The molecule has 2 aromatic rings. The van der Waals surface area contributed by atoms with Crippen LogP contribution in [0.5, 0.6) is 5.75 Å². The number of aromatic hydroxyl groups is 1. The van der Waals surface area contributed by atoms with E-state index >= 15 is 0 Å². The molecule has 4 N–H and O–H groups in total. The number of thiocarbonyl (C=S) groups is 1. The summed E-state index contributed by atoms with van der Waals surface area (Å²) in [6.45, 7) is 0.199. The molecule has 0 fully saturated rings. The summed E-state index contributed by atoms with van der Waals surface area (Å²) in [5, 5.41) is 12.1. The van der Waals surface area contributed by atoms with E-state index in [2.05, 4.69) is 5.32 Å². The van der Waals surface area contributed by atoms with Crippen molar-refractivity contribution in [1.29, 1.82) is 0 Å². The second-order valence-electron chi connectivity index (χ2n) is 4.38. The summed E-state index contributed by atoms with van der Waals surface area (Å²) in [6, 6.07) is 10.7. The summed E-state index contributed by atoms with van der Waals surface area (Å²) in [5.41, 5.74) is 6.66. The van der Waals surface area contributed by atoms with Gasteiger partial charge in [0.25, 0.3) is 5.91 Å². The van der Waals surface area contributed by atoms with Crippen molar-refractivity contribution in [2.45, 2.75) is 6.54 Å². The number of hydrogen-bond acceptors (Lipinski definition) is 3. The molecule has 0 atom stereocenters. The maximum atomic E-state index is 13.5. The van der Waals surface area contributed by atoms with Gasteiger partial charge in [-0.3, -0.25) is 4.79 Å². The van der Waals surface area contributed by atoms with Crippen LogP contribution in [0.3, 0.4) is 0 Å². The highest BCUT2D eigenvalue weighted by atomic mass is 32.1. The maximum Gasteiger partial charge on any atom is 0.258 e. The highest BCUT2D eigenvalue weighted by Gasteiger charge is 2.15. The molecule has 108 valence electrons. The lowest BCUT2D eigenvalue weighted by Gasteiger charge is -2.08. The first-order chi connectivity index (χ1) is 9.99. The lowest BCUT2D eigenvalue weighted by molar-refractivity contribution is 0.0944. The summed E-state index contributed by atoms with van der Waals surface area (Å²) in [4.78, 5) is 12.2. The molecule has 21 heavy (non-hydrogen) atoms. The quantitative estimate of drug-likeness (QED) is 0.756. The average molecular weight is 304 g/mol. The number of nitrogens with one attached hydrogen (secondary N) is 1. The van der Waals surface area contributed by atoms with Gasteiger partial charge in [0.1, 0.15) is 22.1 Å². The number of hydrogen-bond donors (Lipinski definition) is 3. The number of rotatable bonds is 4. The van der Waals surface area contributed by atoms with Crippen LogP contribution in [0.4, 0.5) is 4.39 Å². The Balaban J connectivity index is 2.06. The van der Waals surface area contributed by atoms with Crippen LogP contribution in [0, 0.1) is 5.82 Å². The Morgan fingerprint density at radius 2 is 1.90 bits per heavy atom. The lowest BCUT2D eigenvalue weighted by Crippen LogP contribution is -2.24. The van der Waals surface area contributed by atoms with E-state index in [0.29, 0.717) is 4.99 Å². The third kappa shape index (κ3) is 3.55. The molecule has 0 heterocycles. The van der Waals surface area contributed by atoms with E-state index in [1.54, 1.807) is 24.3 Å². The SMILES string of the molecule is NC(=S)c1ccc(CNC(=O)c2c(O)cccc2F)cc1. The van der Waals surface area contributed by atoms with Crippen molar-refractivity contribution in [2.24, 2.45) is 5.73 Å². The molecule has 0 aliphatic carbocycles. The highest BCUT2D eigenvalue weighted by molar-refractivity contribution is 7.80. The fourth-order valence-corrected chi connectivity index (χ4v) is 1.93. The van der Waals surface area contributed by atoms with Crippen LogP contribution in [0.15, 0.2) is 42.5 Å². The van der Waals surface area contributed by atoms with Gasteiger partial charge in [-0.15, -0.1) is 0 Å². The molecular formula is C15H13FN2O2S. The molecule has 6 heteroatoms. The molecule has 0 aliphatic rings. The maximum absolute atomic E-state index is 13.5. The van der Waals surface area contributed by atoms with Crippen LogP contribution in [0.25, 0.3) is 0 Å². The summed E-state index contributed by atoms with van der Waals surface area (Å²) in [5.74, 6) is -1.84. The molecule has 2 aromatic carbocycles. The highest BCUT2D eigenvalue weighted by Crippen LogP contribution is 2.19. The minimum atomic E-state index is -0.767. The first-order valence-electron chi connectivity index (χ1n) is 6.13. The zero-order chi connectivity index (χ0) is 15.4. The molecule has 0 saturated carbocycles. The Hall–Kier alpha value is -2.47. The van der Waals surface area contributed by atoms with Gasteiger partial charge < -0.3 is 16.2 Å². The number of amides is 1. The van der Waals surface area contributed by atoms with Gasteiger partial charge in [0.05, 0.1) is 0 Å². The second kappa shape index (κ2) is 6.32. The van der Waals surface area contributed by atoms with E-state index in [0.717, 1.165) is 17.2 Å². The van der Waals surface area contributed by atoms with Crippen LogP contribution in [0.1, 0.15) is 21.5 Å². The normalized spacial score (nSPS) is 10.1. The van der Waals surface area contributed by atoms with Gasteiger partial charge in [-0.05, 0) is 17.7 Å². The Kier molecular flexibility index (Phi) is 4.49. The van der Waals surface area contributed by atoms with Gasteiger partial charge in [-0.25, -0.2) is 4.39 Å². The van der Waals surface area contributed by atoms with Gasteiger partial charge in [-0.1, -0.05) is 42.5 Å². The molecule has 2 rings (SSSR count). The number of phenolic OH excluding ortho intramolecular Hbond substituents is 1. The number of phenols is 1. The first-order valence-corrected chi connectivity index (χ1v) is 6.54. The van der Waals surface area contributed by atoms with Gasteiger partial charge in [0.2, 0.25) is 0 Å². The topological polar surface area (TPSA) is 75.3 Å². The van der Waals surface area contributed by atoms with E-state index in [9.17, 15) is 14.3 Å². The van der Waals surface area contributed by atoms with Gasteiger partial charge >= 0.3 is 0 Å². The molecule has 0 unspecified atom stereocenters. The second-order valence-corrected chi connectivity index (χ2v) is 4.82. The van der Waals surface area contributed by atoms with E-state index in [4.69, 9.17) is 18.0 Å². The Morgan fingerprint density at radius 3 is 2.48 bits per heavy atom. The van der Waals surface area contributed by atoms with Crippen LogP contribution in [0.2, 0.25) is 0 Å². The number of halogens is 1. The fourth-order valence-electron chi connectivity index (χ4n) is 1.80. The molecular weight excluding hydrogens is 291 g/mol. The summed E-state index contributed by atoms with van der Waals surface area (Å²) in [7, 11) is 0. The zero-order valence-corrected chi connectivity index (χ0v) is 11.8. The van der Waals surface area contributed by atoms with Crippen LogP contribution in [-0.4, -0.2) is 16.0 Å². The summed E-state index contributed by atoms with van der Waals surface area (Å²) < 4.78 is 13.5. The Bertz CT molecular complexity index is 666. The van der Waals surface area contributed by atoms with Crippen molar-refractivity contribution in [3.05, 3.63) is 65.0 Å². The van der Waals surface area contributed by atoms with E-state index in [1.165, 1.54) is 12.1 Å². The van der Waals surface area contributed by atoms with Crippen molar-refractivity contribution in [2.75, 3.05) is 0 Å². The van der Waals surface area contributed by atoms with Crippen molar-refractivity contribution in [1.82, 2.24) is 5.32 Å². The van der Waals surface area contributed by atoms with Crippen molar-refractivity contribution >= 4 is 23.1 Å². The fraction of sp³-hybridized carbons (Fsp3) is 0.0667. The monoisotopic (exact) mass is 304 g/mol. The van der Waals surface area contributed by atoms with Crippen molar-refractivity contribution in [3.63, 3.8) is 0 Å². The van der Waals surface area contributed by atoms with Crippen LogP contribution < -0.4 is 11.1 Å².